The van der Waals surface area contributed by atoms with Crippen molar-refractivity contribution < 1.29 is 28.5 Å². The molecule has 0 radical (unpaired) electrons. The molecule has 1 amide bonds. The molecule has 28 heavy (non-hydrogen) atoms. The maximum atomic E-state index is 12.1. The van der Waals surface area contributed by atoms with E-state index in [-0.39, 0.29) is 17.2 Å². The largest absolute Gasteiger partial charge is 0.497 e. The number of nitrogens with one attached hydrogen (secondary N) is 1. The smallest absolute Gasteiger partial charge is 0.340 e. The molecule has 0 aliphatic heterocycles. The van der Waals surface area contributed by atoms with Crippen molar-refractivity contribution in [2.24, 2.45) is 0 Å². The van der Waals surface area contributed by atoms with Gasteiger partial charge in [-0.15, -0.1) is 0 Å². The fraction of sp³-hybridized carbons (Fsp3) is 0.300. The second kappa shape index (κ2) is 10.1. The summed E-state index contributed by atoms with van der Waals surface area (Å²) in [5.41, 5.74) is 6.79. The summed E-state index contributed by atoms with van der Waals surface area (Å²) in [6.45, 7) is 0.719. The van der Waals surface area contributed by atoms with E-state index in [0.717, 1.165) is 0 Å². The summed E-state index contributed by atoms with van der Waals surface area (Å²) in [5.74, 6) is 0.641. The van der Waals surface area contributed by atoms with E-state index in [9.17, 15) is 9.59 Å². The second-order valence-electron chi connectivity index (χ2n) is 5.77. The van der Waals surface area contributed by atoms with Crippen LogP contribution in [0.1, 0.15) is 27.1 Å². The van der Waals surface area contributed by atoms with Crippen LogP contribution >= 0.6 is 0 Å². The van der Waals surface area contributed by atoms with Gasteiger partial charge in [-0.05, 0) is 24.6 Å². The van der Waals surface area contributed by atoms with E-state index < -0.39 is 5.97 Å². The lowest BCUT2D eigenvalue weighted by Gasteiger charge is -2.14. The first-order valence-electron chi connectivity index (χ1n) is 8.61. The zero-order valence-corrected chi connectivity index (χ0v) is 16.1. The highest BCUT2D eigenvalue weighted by atomic mass is 16.5. The van der Waals surface area contributed by atoms with Gasteiger partial charge in [-0.2, -0.15) is 0 Å². The summed E-state index contributed by atoms with van der Waals surface area (Å²) >= 11 is 0. The Hall–Kier alpha value is -3.42. The van der Waals surface area contributed by atoms with Crippen molar-refractivity contribution in [2.45, 2.75) is 6.42 Å². The molecule has 0 spiro atoms. The minimum absolute atomic E-state index is 0.197. The molecule has 0 aliphatic carbocycles. The molecule has 2 aromatic carbocycles. The highest BCUT2D eigenvalue weighted by Gasteiger charge is 2.16. The number of esters is 1. The van der Waals surface area contributed by atoms with Crippen molar-refractivity contribution in [3.8, 4) is 17.2 Å². The molecule has 0 bridgehead atoms. The number of hydrogen-bond acceptors (Lipinski definition) is 7. The fourth-order valence-corrected chi connectivity index (χ4v) is 2.46. The number of amides is 1. The van der Waals surface area contributed by atoms with E-state index in [1.54, 1.807) is 31.4 Å². The Labute approximate surface area is 163 Å². The van der Waals surface area contributed by atoms with Crippen molar-refractivity contribution in [3.63, 3.8) is 0 Å². The van der Waals surface area contributed by atoms with E-state index in [2.05, 4.69) is 5.32 Å². The molecule has 0 unspecified atom stereocenters. The van der Waals surface area contributed by atoms with Crippen LogP contribution in [-0.2, 0) is 4.74 Å². The third-order valence-electron chi connectivity index (χ3n) is 3.94. The maximum absolute atomic E-state index is 12.1. The van der Waals surface area contributed by atoms with Crippen LogP contribution in [0.5, 0.6) is 17.2 Å². The Kier molecular flexibility index (Phi) is 7.50. The topological polar surface area (TPSA) is 109 Å². The van der Waals surface area contributed by atoms with Crippen LogP contribution in [-0.4, -0.2) is 46.4 Å². The fourth-order valence-electron chi connectivity index (χ4n) is 2.46. The lowest BCUT2D eigenvalue weighted by atomic mass is 10.1. The van der Waals surface area contributed by atoms with Crippen molar-refractivity contribution >= 4 is 17.6 Å². The number of rotatable bonds is 9. The molecule has 0 atom stereocenters. The molecule has 2 rings (SSSR count). The van der Waals surface area contributed by atoms with Gasteiger partial charge in [0.1, 0.15) is 5.75 Å². The number of ether oxygens (including phenoxy) is 4. The summed E-state index contributed by atoms with van der Waals surface area (Å²) in [5, 5.41) is 2.81. The number of anilines is 1. The predicted molar refractivity (Wildman–Crippen MR) is 104 cm³/mol. The molecule has 0 saturated carbocycles. The molecule has 0 heterocycles. The van der Waals surface area contributed by atoms with Crippen LogP contribution in [0.3, 0.4) is 0 Å². The van der Waals surface area contributed by atoms with Gasteiger partial charge >= 0.3 is 5.97 Å². The lowest BCUT2D eigenvalue weighted by molar-refractivity contribution is 0.0601. The minimum atomic E-state index is -0.560. The van der Waals surface area contributed by atoms with Gasteiger partial charge < -0.3 is 30.0 Å². The highest BCUT2D eigenvalue weighted by Crippen LogP contribution is 2.32. The van der Waals surface area contributed by atoms with Crippen molar-refractivity contribution in [3.05, 3.63) is 47.5 Å². The van der Waals surface area contributed by atoms with Crippen molar-refractivity contribution in [1.29, 1.82) is 0 Å². The molecule has 0 fully saturated rings. The first-order chi connectivity index (χ1) is 13.5. The Morgan fingerprint density at radius 1 is 1.04 bits per heavy atom. The molecule has 8 nitrogen and oxygen atoms in total. The molecule has 150 valence electrons. The van der Waals surface area contributed by atoms with Gasteiger partial charge in [0, 0.05) is 24.2 Å². The number of carbonyl (C=O) groups excluding carboxylic acids is 2. The molecule has 0 saturated heterocycles. The minimum Gasteiger partial charge on any atom is -0.497 e. The SMILES string of the molecule is COC(=O)c1cc(OCCCNC(=O)c2cccc(OC)c2)c(OC)cc1N. The summed E-state index contributed by atoms with van der Waals surface area (Å²) in [7, 11) is 4.30. The van der Waals surface area contributed by atoms with Gasteiger partial charge in [0.2, 0.25) is 0 Å². The van der Waals surface area contributed by atoms with Crippen LogP contribution in [0.15, 0.2) is 36.4 Å². The van der Waals surface area contributed by atoms with Gasteiger partial charge in [-0.3, -0.25) is 4.79 Å². The number of hydrogen-bond donors (Lipinski definition) is 2. The summed E-state index contributed by atoms with van der Waals surface area (Å²) in [6, 6.07) is 9.89. The Balaban J connectivity index is 1.89. The maximum Gasteiger partial charge on any atom is 0.340 e. The van der Waals surface area contributed by atoms with Crippen LogP contribution in [0.2, 0.25) is 0 Å². The first-order valence-corrected chi connectivity index (χ1v) is 8.61. The van der Waals surface area contributed by atoms with Crippen LogP contribution in [0, 0.1) is 0 Å². The lowest BCUT2D eigenvalue weighted by Crippen LogP contribution is -2.25. The number of nitrogens with two attached hydrogens (primary N) is 1. The standard InChI is InChI=1S/C20H24N2O6/c1-25-14-7-4-6-13(10-14)19(23)22-8-5-9-28-18-11-15(20(24)27-3)16(21)12-17(18)26-2/h4,6-7,10-12H,5,8-9,21H2,1-3H3,(H,22,23). The zero-order chi connectivity index (χ0) is 20.5. The average molecular weight is 388 g/mol. The Morgan fingerprint density at radius 3 is 2.50 bits per heavy atom. The van der Waals surface area contributed by atoms with Gasteiger partial charge in [0.05, 0.1) is 39.2 Å². The van der Waals surface area contributed by atoms with E-state index >= 15 is 0 Å². The van der Waals surface area contributed by atoms with Gasteiger partial charge in [0.25, 0.3) is 5.91 Å². The van der Waals surface area contributed by atoms with E-state index in [1.165, 1.54) is 26.4 Å². The molecule has 3 N–H and O–H groups in total. The van der Waals surface area contributed by atoms with E-state index in [4.69, 9.17) is 24.7 Å². The van der Waals surface area contributed by atoms with Crippen LogP contribution in [0.4, 0.5) is 5.69 Å². The molecule has 0 aromatic heterocycles. The van der Waals surface area contributed by atoms with Gasteiger partial charge in [-0.1, -0.05) is 6.07 Å². The highest BCUT2D eigenvalue weighted by molar-refractivity contribution is 5.96. The van der Waals surface area contributed by atoms with Crippen molar-refractivity contribution in [2.75, 3.05) is 40.2 Å². The third-order valence-corrected chi connectivity index (χ3v) is 3.94. The number of carbonyl (C=O) groups is 2. The Morgan fingerprint density at radius 2 is 1.82 bits per heavy atom. The molecule has 2 aromatic rings. The zero-order valence-electron chi connectivity index (χ0n) is 16.1. The summed E-state index contributed by atoms with van der Waals surface area (Å²) < 4.78 is 20.7. The normalized spacial score (nSPS) is 10.1. The molecule has 0 aliphatic rings. The van der Waals surface area contributed by atoms with E-state index in [0.29, 0.717) is 42.4 Å². The molecule has 8 heteroatoms. The van der Waals surface area contributed by atoms with Gasteiger partial charge in [-0.25, -0.2) is 4.79 Å². The average Bonchev–Trinajstić information content (AvgIpc) is 2.73. The summed E-state index contributed by atoms with van der Waals surface area (Å²) in [6.07, 6.45) is 0.552. The number of nitrogen functional groups attached to an aromatic ring is 1. The van der Waals surface area contributed by atoms with E-state index in [1.807, 2.05) is 0 Å². The monoisotopic (exact) mass is 388 g/mol. The van der Waals surface area contributed by atoms with Gasteiger partial charge in [0.15, 0.2) is 11.5 Å². The molecular weight excluding hydrogens is 364 g/mol. The second-order valence-corrected chi connectivity index (χ2v) is 5.77. The Bertz CT molecular complexity index is 837. The first kappa shape index (κ1) is 20.9. The number of benzene rings is 2. The predicted octanol–water partition coefficient (Wildman–Crippen LogP) is 2.27. The van der Waals surface area contributed by atoms with Crippen LogP contribution in [0.25, 0.3) is 0 Å². The van der Waals surface area contributed by atoms with Crippen LogP contribution < -0.4 is 25.3 Å². The summed E-state index contributed by atoms with van der Waals surface area (Å²) in [4.78, 5) is 23.9. The third kappa shape index (κ3) is 5.29. The number of methoxy groups -OCH3 is 3. The van der Waals surface area contributed by atoms with Crippen molar-refractivity contribution in [1.82, 2.24) is 5.32 Å². The quantitative estimate of drug-likeness (QED) is 0.385. The molecular formula is C20H24N2O6.